The van der Waals surface area contributed by atoms with E-state index in [-0.39, 0.29) is 0 Å². The summed E-state index contributed by atoms with van der Waals surface area (Å²) in [4.78, 5) is 15.0. The Labute approximate surface area is 182 Å². The molecule has 3 nitrogen and oxygen atoms in total. The molecule has 0 saturated heterocycles. The summed E-state index contributed by atoms with van der Waals surface area (Å²) in [6.07, 6.45) is 10.3. The highest BCUT2D eigenvalue weighted by atomic mass is 35.5. The molecule has 0 aliphatic rings. The molecule has 0 N–H and O–H groups in total. The average Bonchev–Trinajstić information content (AvgIpc) is 2.71. The first kappa shape index (κ1) is 23.0. The zero-order valence-electron chi connectivity index (χ0n) is 17.0. The molecule has 0 bridgehead atoms. The molecule has 2 rings (SSSR count). The first-order valence-corrected chi connectivity index (χ1v) is 12.1. The molecular weight excluding hydrogens is 406 g/mol. The van der Waals surface area contributed by atoms with Crippen LogP contribution >= 0.6 is 35.1 Å². The predicted octanol–water partition coefficient (Wildman–Crippen LogP) is 7.47. The lowest BCUT2D eigenvalue weighted by molar-refractivity contribution is 0.675. The van der Waals surface area contributed by atoms with Crippen molar-refractivity contribution in [3.8, 4) is 0 Å². The molecule has 0 fully saturated rings. The molecule has 1 aromatic heterocycles. The maximum atomic E-state index is 6.28. The summed E-state index contributed by atoms with van der Waals surface area (Å²) in [5, 5.41) is 2.00. The number of hydrogen-bond donors (Lipinski definition) is 0. The van der Waals surface area contributed by atoms with Crippen molar-refractivity contribution in [1.82, 2.24) is 9.97 Å². The zero-order chi connectivity index (χ0) is 20.4. The van der Waals surface area contributed by atoms with Crippen LogP contribution in [0.3, 0.4) is 0 Å². The van der Waals surface area contributed by atoms with E-state index in [2.05, 4.69) is 24.9 Å². The van der Waals surface area contributed by atoms with Gasteiger partial charge in [0.15, 0.2) is 5.16 Å². The second kappa shape index (κ2) is 12.3. The normalized spacial score (nSPS) is 12.6. The van der Waals surface area contributed by atoms with Crippen LogP contribution in [0.15, 0.2) is 46.7 Å². The summed E-state index contributed by atoms with van der Waals surface area (Å²) in [6, 6.07) is 9.86. The zero-order valence-corrected chi connectivity index (χ0v) is 19.4. The van der Waals surface area contributed by atoms with Gasteiger partial charge in [0.2, 0.25) is 0 Å². The van der Waals surface area contributed by atoms with Crippen molar-refractivity contribution in [2.24, 2.45) is 4.99 Å². The molecular formula is C22H28ClN3S2. The summed E-state index contributed by atoms with van der Waals surface area (Å²) in [5.41, 5.74) is 2.84. The first-order valence-electron chi connectivity index (χ1n) is 9.65. The number of rotatable bonds is 10. The van der Waals surface area contributed by atoms with E-state index in [1.165, 1.54) is 12.8 Å². The van der Waals surface area contributed by atoms with Gasteiger partial charge in [-0.1, -0.05) is 62.2 Å². The lowest BCUT2D eigenvalue weighted by Crippen LogP contribution is -2.04. The molecule has 150 valence electrons. The summed E-state index contributed by atoms with van der Waals surface area (Å²) in [6.45, 7) is 6.42. The Morgan fingerprint density at radius 1 is 1.21 bits per heavy atom. The Morgan fingerprint density at radius 3 is 2.57 bits per heavy atom. The fourth-order valence-electron chi connectivity index (χ4n) is 2.91. The number of aromatic nitrogens is 2. The van der Waals surface area contributed by atoms with Crippen LogP contribution in [-0.4, -0.2) is 27.7 Å². The molecule has 0 radical (unpaired) electrons. The van der Waals surface area contributed by atoms with Crippen molar-refractivity contribution >= 4 is 51.9 Å². The molecule has 0 spiro atoms. The third-order valence-electron chi connectivity index (χ3n) is 4.13. The van der Waals surface area contributed by atoms with Crippen molar-refractivity contribution in [3.63, 3.8) is 0 Å². The fraction of sp³-hybridized carbons (Fsp3) is 0.409. The Morgan fingerprint density at radius 2 is 1.96 bits per heavy atom. The third kappa shape index (κ3) is 6.64. The smallest absolute Gasteiger partial charge is 0.187 e. The van der Waals surface area contributed by atoms with Crippen LogP contribution in [0.2, 0.25) is 5.02 Å². The molecule has 0 atom stereocenters. The van der Waals surface area contributed by atoms with E-state index < -0.39 is 0 Å². The minimum atomic E-state index is 0.527. The van der Waals surface area contributed by atoms with Crippen LogP contribution in [0.25, 0.3) is 10.6 Å². The number of aliphatic imine (C=N–C) groups is 1. The topological polar surface area (TPSA) is 38.1 Å². The van der Waals surface area contributed by atoms with E-state index in [4.69, 9.17) is 21.6 Å². The molecule has 0 amide bonds. The average molecular weight is 434 g/mol. The maximum absolute atomic E-state index is 6.28. The van der Waals surface area contributed by atoms with Gasteiger partial charge in [0.1, 0.15) is 0 Å². The van der Waals surface area contributed by atoms with Gasteiger partial charge in [-0.25, -0.2) is 9.97 Å². The highest BCUT2D eigenvalue weighted by molar-refractivity contribution is 8.09. The summed E-state index contributed by atoms with van der Waals surface area (Å²) in [5.74, 6) is 0. The highest BCUT2D eigenvalue weighted by Crippen LogP contribution is 2.41. The standard InChI is InChI=1S/C22H28ClN3S2/c1-5-9-18(10-6-2)28-21(19-13-14-25-22(26-19)27-4)20(24-7-3)16-11-8-12-17(23)15-16/h7-8,11-15,18H,5-6,9-10H2,1-4H3/b21-20-,24-7?. The molecule has 1 aromatic carbocycles. The van der Waals surface area contributed by atoms with Crippen molar-refractivity contribution < 1.29 is 0 Å². The third-order valence-corrected chi connectivity index (χ3v) is 6.37. The van der Waals surface area contributed by atoms with Gasteiger partial charge in [-0.2, -0.15) is 0 Å². The SMILES string of the molecule is CC=N/C(=C(\SC(CCC)CCC)c1ccnc(SC)n1)c1cccc(Cl)c1. The molecule has 0 unspecified atom stereocenters. The summed E-state index contributed by atoms with van der Waals surface area (Å²) in [7, 11) is 0. The Hall–Kier alpha value is -1.30. The molecule has 6 heteroatoms. The van der Waals surface area contributed by atoms with E-state index in [1.807, 2.05) is 61.6 Å². The molecule has 28 heavy (non-hydrogen) atoms. The van der Waals surface area contributed by atoms with Gasteiger partial charge in [-0.3, -0.25) is 4.99 Å². The van der Waals surface area contributed by atoms with Crippen LogP contribution in [0, 0.1) is 0 Å². The van der Waals surface area contributed by atoms with E-state index in [0.717, 1.165) is 39.9 Å². The van der Waals surface area contributed by atoms with Gasteiger partial charge in [-0.15, -0.1) is 11.8 Å². The van der Waals surface area contributed by atoms with Gasteiger partial charge in [0, 0.05) is 28.2 Å². The quantitative estimate of drug-likeness (QED) is 0.221. The van der Waals surface area contributed by atoms with E-state index in [9.17, 15) is 0 Å². The van der Waals surface area contributed by atoms with Crippen molar-refractivity contribution in [3.05, 3.63) is 52.8 Å². The number of benzene rings is 1. The van der Waals surface area contributed by atoms with Crippen LogP contribution < -0.4 is 0 Å². The van der Waals surface area contributed by atoms with Gasteiger partial charge in [-0.05, 0) is 44.2 Å². The molecule has 0 aliphatic heterocycles. The predicted molar refractivity (Wildman–Crippen MR) is 127 cm³/mol. The largest absolute Gasteiger partial charge is 0.260 e. The summed E-state index contributed by atoms with van der Waals surface area (Å²) >= 11 is 9.72. The molecule has 1 heterocycles. The molecule has 0 saturated carbocycles. The minimum absolute atomic E-state index is 0.527. The van der Waals surface area contributed by atoms with Crippen LogP contribution in [0.4, 0.5) is 0 Å². The van der Waals surface area contributed by atoms with E-state index >= 15 is 0 Å². The second-order valence-electron chi connectivity index (χ2n) is 6.32. The van der Waals surface area contributed by atoms with Gasteiger partial charge < -0.3 is 0 Å². The lowest BCUT2D eigenvalue weighted by atomic mass is 10.1. The van der Waals surface area contributed by atoms with Crippen LogP contribution in [-0.2, 0) is 0 Å². The van der Waals surface area contributed by atoms with Gasteiger partial charge in [0.25, 0.3) is 0 Å². The lowest BCUT2D eigenvalue weighted by Gasteiger charge is -2.19. The Bertz CT molecular complexity index is 815. The van der Waals surface area contributed by atoms with E-state index in [1.54, 1.807) is 11.8 Å². The second-order valence-corrected chi connectivity index (χ2v) is 8.84. The molecule has 0 aliphatic carbocycles. The minimum Gasteiger partial charge on any atom is -0.260 e. The van der Waals surface area contributed by atoms with Crippen LogP contribution in [0.5, 0.6) is 0 Å². The number of nitrogens with zero attached hydrogens (tertiary/aromatic N) is 3. The highest BCUT2D eigenvalue weighted by Gasteiger charge is 2.19. The number of halogens is 1. The van der Waals surface area contributed by atoms with Crippen LogP contribution in [0.1, 0.15) is 57.7 Å². The van der Waals surface area contributed by atoms with Crippen molar-refractivity contribution in [2.75, 3.05) is 6.26 Å². The number of thioether (sulfide) groups is 2. The Balaban J connectivity index is 2.65. The maximum Gasteiger partial charge on any atom is 0.187 e. The number of hydrogen-bond acceptors (Lipinski definition) is 5. The van der Waals surface area contributed by atoms with Crippen molar-refractivity contribution in [1.29, 1.82) is 0 Å². The Kier molecular flexibility index (Phi) is 10.1. The fourth-order valence-corrected chi connectivity index (χ4v) is 5.01. The first-order chi connectivity index (χ1) is 13.6. The van der Waals surface area contributed by atoms with Crippen molar-refractivity contribution in [2.45, 2.75) is 56.9 Å². The van der Waals surface area contributed by atoms with Gasteiger partial charge in [0.05, 0.1) is 16.3 Å². The summed E-state index contributed by atoms with van der Waals surface area (Å²) < 4.78 is 0. The monoisotopic (exact) mass is 433 g/mol. The van der Waals surface area contributed by atoms with Gasteiger partial charge >= 0.3 is 0 Å². The molecule has 2 aromatic rings. The van der Waals surface area contributed by atoms with E-state index in [0.29, 0.717) is 10.3 Å².